The second-order valence-corrected chi connectivity index (χ2v) is 4.82. The van der Waals surface area contributed by atoms with Crippen molar-refractivity contribution < 1.29 is 22.7 Å². The molecule has 0 fully saturated rings. The molecular weight excluding hydrogens is 297 g/mol. The summed E-state index contributed by atoms with van der Waals surface area (Å²) in [6, 6.07) is 7.76. The smallest absolute Gasteiger partial charge is 0.322 e. The molecule has 1 aliphatic rings. The molecule has 2 aromatic carbocycles. The highest BCUT2D eigenvalue weighted by Gasteiger charge is 2.30. The van der Waals surface area contributed by atoms with Crippen molar-refractivity contribution in [3.63, 3.8) is 0 Å². The quantitative estimate of drug-likeness (QED) is 0.834. The fourth-order valence-corrected chi connectivity index (χ4v) is 2.58. The summed E-state index contributed by atoms with van der Waals surface area (Å²) in [5.41, 5.74) is 1.05. The van der Waals surface area contributed by atoms with E-state index in [9.17, 15) is 18.0 Å². The van der Waals surface area contributed by atoms with Crippen LogP contribution in [0.15, 0.2) is 30.3 Å². The number of anilines is 1. The van der Waals surface area contributed by atoms with E-state index in [1.165, 1.54) is 11.0 Å². The van der Waals surface area contributed by atoms with Gasteiger partial charge in [-0.2, -0.15) is 8.78 Å². The van der Waals surface area contributed by atoms with Crippen LogP contribution in [0.4, 0.5) is 18.9 Å². The van der Waals surface area contributed by atoms with Crippen LogP contribution in [0.25, 0.3) is 10.8 Å². The van der Waals surface area contributed by atoms with Crippen LogP contribution in [0, 0.1) is 5.82 Å². The van der Waals surface area contributed by atoms with E-state index in [-0.39, 0.29) is 31.5 Å². The number of benzene rings is 2. The maximum absolute atomic E-state index is 13.8. The van der Waals surface area contributed by atoms with Crippen LogP contribution in [0.2, 0.25) is 0 Å². The predicted molar refractivity (Wildman–Crippen MR) is 75.5 cm³/mol. The zero-order chi connectivity index (χ0) is 15.7. The first-order valence-electron chi connectivity index (χ1n) is 6.73. The average Bonchev–Trinajstić information content (AvgIpc) is 2.77. The Morgan fingerprint density at radius 2 is 2.05 bits per heavy atom. The zero-order valence-corrected chi connectivity index (χ0v) is 11.5. The van der Waals surface area contributed by atoms with E-state index < -0.39 is 6.61 Å². The molecule has 7 heteroatoms. The van der Waals surface area contributed by atoms with Gasteiger partial charge in [-0.1, -0.05) is 12.1 Å². The van der Waals surface area contributed by atoms with Gasteiger partial charge in [0.15, 0.2) is 0 Å². The van der Waals surface area contributed by atoms with Crippen molar-refractivity contribution in [3.05, 3.63) is 41.7 Å². The van der Waals surface area contributed by atoms with Gasteiger partial charge in [-0.3, -0.25) is 15.0 Å². The number of alkyl halides is 2. The van der Waals surface area contributed by atoms with Crippen molar-refractivity contribution in [2.24, 2.45) is 0 Å². The van der Waals surface area contributed by atoms with Crippen molar-refractivity contribution >= 4 is 22.4 Å². The summed E-state index contributed by atoms with van der Waals surface area (Å²) in [5, 5.41) is 3.84. The lowest BCUT2D eigenvalue weighted by Gasteiger charge is -2.18. The second-order valence-electron chi connectivity index (χ2n) is 4.82. The van der Waals surface area contributed by atoms with E-state index >= 15 is 0 Å². The van der Waals surface area contributed by atoms with Crippen molar-refractivity contribution in [1.82, 2.24) is 5.32 Å². The first-order valence-corrected chi connectivity index (χ1v) is 6.73. The third-order valence-corrected chi connectivity index (χ3v) is 3.52. The van der Waals surface area contributed by atoms with Gasteiger partial charge in [0.05, 0.1) is 19.0 Å². The van der Waals surface area contributed by atoms with Crippen molar-refractivity contribution in [2.45, 2.75) is 6.61 Å². The molecule has 4 nitrogen and oxygen atoms in total. The molecule has 1 heterocycles. The van der Waals surface area contributed by atoms with E-state index in [4.69, 9.17) is 0 Å². The van der Waals surface area contributed by atoms with Gasteiger partial charge in [0.25, 0.3) is 5.91 Å². The van der Waals surface area contributed by atoms with Crippen molar-refractivity contribution in [3.8, 4) is 0 Å². The zero-order valence-electron chi connectivity index (χ0n) is 11.5. The monoisotopic (exact) mass is 310 g/mol. The molecule has 0 atom stereocenters. The number of carbonyl (C=O) groups excluding carboxylic acids is 1. The van der Waals surface area contributed by atoms with E-state index in [0.29, 0.717) is 22.0 Å². The molecule has 1 amide bonds. The molecule has 0 spiro atoms. The molecule has 1 N–H and O–H groups in total. The molecular formula is C15H13F3N2O2. The topological polar surface area (TPSA) is 41.6 Å². The number of carbonyl (C=O) groups is 1. The summed E-state index contributed by atoms with van der Waals surface area (Å²) < 4.78 is 41.6. The van der Waals surface area contributed by atoms with E-state index in [1.807, 2.05) is 0 Å². The number of nitrogens with zero attached hydrogens (tertiary/aromatic N) is 1. The van der Waals surface area contributed by atoms with Gasteiger partial charge in [-0.05, 0) is 18.2 Å². The molecule has 22 heavy (non-hydrogen) atoms. The van der Waals surface area contributed by atoms with Crippen LogP contribution >= 0.6 is 0 Å². The number of hydrogen-bond donors (Lipinski definition) is 1. The number of halogens is 3. The van der Waals surface area contributed by atoms with Gasteiger partial charge >= 0.3 is 6.61 Å². The highest BCUT2D eigenvalue weighted by molar-refractivity contribution is 6.25. The Kier molecular flexibility index (Phi) is 4.00. The molecule has 1 aliphatic heterocycles. The third kappa shape index (κ3) is 2.53. The normalized spacial score (nSPS) is 13.6. The first-order chi connectivity index (χ1) is 10.6. The summed E-state index contributed by atoms with van der Waals surface area (Å²) >= 11 is 0. The molecule has 0 radical (unpaired) electrons. The molecule has 0 unspecified atom stereocenters. The summed E-state index contributed by atoms with van der Waals surface area (Å²) in [6.07, 6.45) is 0. The standard InChI is InChI=1S/C15H13F3N2O2/c16-11-4-5-12-13-9(11)2-1-3-10(13)14(21)20(12)8-19-6-7-22-15(17)18/h1-5,15,19H,6-8H2. The van der Waals surface area contributed by atoms with Gasteiger partial charge in [0.2, 0.25) is 0 Å². The minimum Gasteiger partial charge on any atom is -0.322 e. The number of hydrogen-bond acceptors (Lipinski definition) is 3. The highest BCUT2D eigenvalue weighted by Crippen LogP contribution is 2.37. The van der Waals surface area contributed by atoms with Crippen molar-refractivity contribution in [2.75, 3.05) is 24.7 Å². The molecule has 0 aromatic heterocycles. The summed E-state index contributed by atoms with van der Waals surface area (Å²) in [7, 11) is 0. The van der Waals surface area contributed by atoms with Crippen molar-refractivity contribution in [1.29, 1.82) is 0 Å². The van der Waals surface area contributed by atoms with E-state index in [1.54, 1.807) is 24.3 Å². The fourth-order valence-electron chi connectivity index (χ4n) is 2.58. The van der Waals surface area contributed by atoms with Crippen LogP contribution in [0.1, 0.15) is 10.4 Å². The number of nitrogens with one attached hydrogen (secondary N) is 1. The minimum atomic E-state index is -2.81. The number of amides is 1. The largest absolute Gasteiger partial charge is 0.345 e. The molecule has 0 bridgehead atoms. The molecule has 3 rings (SSSR count). The van der Waals surface area contributed by atoms with Crippen LogP contribution in [0.3, 0.4) is 0 Å². The third-order valence-electron chi connectivity index (χ3n) is 3.52. The van der Waals surface area contributed by atoms with E-state index in [2.05, 4.69) is 10.1 Å². The summed E-state index contributed by atoms with van der Waals surface area (Å²) in [6.45, 7) is -2.66. The first kappa shape index (κ1) is 14.8. The van der Waals surface area contributed by atoms with Crippen LogP contribution in [-0.2, 0) is 4.74 Å². The van der Waals surface area contributed by atoms with Gasteiger partial charge in [0, 0.05) is 22.9 Å². The molecule has 0 saturated heterocycles. The lowest BCUT2D eigenvalue weighted by atomic mass is 10.1. The SMILES string of the molecule is O=C1c2cccc3c(F)ccc(c23)N1CNCCOC(F)F. The Hall–Kier alpha value is -2.12. The van der Waals surface area contributed by atoms with Gasteiger partial charge < -0.3 is 4.74 Å². The van der Waals surface area contributed by atoms with Gasteiger partial charge in [-0.15, -0.1) is 0 Å². The maximum Gasteiger partial charge on any atom is 0.345 e. The Morgan fingerprint density at radius 1 is 1.23 bits per heavy atom. The average molecular weight is 310 g/mol. The molecule has 116 valence electrons. The highest BCUT2D eigenvalue weighted by atomic mass is 19.3. The lowest BCUT2D eigenvalue weighted by Crippen LogP contribution is -2.38. The lowest BCUT2D eigenvalue weighted by molar-refractivity contribution is -0.127. The fraction of sp³-hybridized carbons (Fsp3) is 0.267. The molecule has 2 aromatic rings. The maximum atomic E-state index is 13.8. The number of ether oxygens (including phenoxy) is 1. The van der Waals surface area contributed by atoms with Crippen LogP contribution in [0.5, 0.6) is 0 Å². The van der Waals surface area contributed by atoms with Gasteiger partial charge in [-0.25, -0.2) is 4.39 Å². The Bertz CT molecular complexity index is 721. The number of rotatable bonds is 6. The van der Waals surface area contributed by atoms with Crippen LogP contribution < -0.4 is 10.2 Å². The molecule has 0 aliphatic carbocycles. The predicted octanol–water partition coefficient (Wildman–Crippen LogP) is 2.73. The summed E-state index contributed by atoms with van der Waals surface area (Å²) in [5.74, 6) is -0.623. The molecule has 0 saturated carbocycles. The van der Waals surface area contributed by atoms with Crippen LogP contribution in [-0.4, -0.2) is 32.3 Å². The Morgan fingerprint density at radius 3 is 2.82 bits per heavy atom. The second kappa shape index (κ2) is 5.94. The Balaban J connectivity index is 1.77. The Labute approximate surface area is 124 Å². The van der Waals surface area contributed by atoms with E-state index in [0.717, 1.165) is 0 Å². The summed E-state index contributed by atoms with van der Waals surface area (Å²) in [4.78, 5) is 13.8. The van der Waals surface area contributed by atoms with Gasteiger partial charge in [0.1, 0.15) is 5.82 Å². The minimum absolute atomic E-state index is 0.140.